The second kappa shape index (κ2) is 8.68. The van der Waals surface area contributed by atoms with Gasteiger partial charge in [0, 0.05) is 25.6 Å². The van der Waals surface area contributed by atoms with E-state index in [1.54, 1.807) is 4.90 Å². The number of aliphatic hydroxyl groups is 1. The number of ether oxygens (including phenoxy) is 1. The number of aliphatic hydroxyl groups excluding tert-OH is 1. The van der Waals surface area contributed by atoms with Gasteiger partial charge >= 0.3 is 6.09 Å². The minimum atomic E-state index is -0.953. The zero-order valence-electron chi connectivity index (χ0n) is 17.8. The number of carbonyl (C=O) groups excluding carboxylic acids is 3. The SMILES string of the molecule is CC(C)NC(=O)[C@H](CO)N1CC2(CCCC1=O)CCCN2C(=O)OC(C)(C)C. The van der Waals surface area contributed by atoms with Gasteiger partial charge in [-0.15, -0.1) is 0 Å². The monoisotopic (exact) mass is 397 g/mol. The lowest BCUT2D eigenvalue weighted by molar-refractivity contribution is -0.143. The summed E-state index contributed by atoms with van der Waals surface area (Å²) in [7, 11) is 0. The molecule has 8 nitrogen and oxygen atoms in total. The molecule has 3 amide bonds. The number of hydrogen-bond donors (Lipinski definition) is 2. The van der Waals surface area contributed by atoms with Crippen molar-refractivity contribution in [2.75, 3.05) is 19.7 Å². The normalized spacial score (nSPS) is 24.5. The summed E-state index contributed by atoms with van der Waals surface area (Å²) >= 11 is 0. The third-order valence-electron chi connectivity index (χ3n) is 5.31. The van der Waals surface area contributed by atoms with Crippen LogP contribution in [0.4, 0.5) is 4.79 Å². The van der Waals surface area contributed by atoms with Crippen molar-refractivity contribution >= 4 is 17.9 Å². The average molecular weight is 398 g/mol. The Balaban J connectivity index is 2.28. The number of rotatable bonds is 4. The molecule has 2 N–H and O–H groups in total. The Morgan fingerprint density at radius 3 is 2.46 bits per heavy atom. The maximum atomic E-state index is 12.8. The molecule has 0 radical (unpaired) electrons. The molecule has 0 aromatic heterocycles. The van der Waals surface area contributed by atoms with Crippen molar-refractivity contribution < 1.29 is 24.2 Å². The Hall–Kier alpha value is -1.83. The smallest absolute Gasteiger partial charge is 0.410 e. The zero-order valence-corrected chi connectivity index (χ0v) is 17.8. The third kappa shape index (κ3) is 5.16. The highest BCUT2D eigenvalue weighted by Gasteiger charge is 2.49. The Bertz CT molecular complexity index is 601. The van der Waals surface area contributed by atoms with Crippen LogP contribution in [0.3, 0.4) is 0 Å². The minimum absolute atomic E-state index is 0.0951. The van der Waals surface area contributed by atoms with Crippen LogP contribution in [0, 0.1) is 0 Å². The molecule has 1 unspecified atom stereocenters. The maximum Gasteiger partial charge on any atom is 0.410 e. The highest BCUT2D eigenvalue weighted by molar-refractivity contribution is 5.88. The number of likely N-dealkylation sites (tertiary alicyclic amines) is 2. The quantitative estimate of drug-likeness (QED) is 0.752. The number of nitrogens with zero attached hydrogens (tertiary/aromatic N) is 2. The molecule has 2 aliphatic heterocycles. The van der Waals surface area contributed by atoms with E-state index in [1.807, 2.05) is 34.6 Å². The van der Waals surface area contributed by atoms with Crippen LogP contribution >= 0.6 is 0 Å². The van der Waals surface area contributed by atoms with Gasteiger partial charge in [-0.1, -0.05) is 0 Å². The lowest BCUT2D eigenvalue weighted by atomic mass is 9.90. The van der Waals surface area contributed by atoms with Gasteiger partial charge in [0.1, 0.15) is 11.6 Å². The number of hydrogen-bond acceptors (Lipinski definition) is 5. The summed E-state index contributed by atoms with van der Waals surface area (Å²) in [6.07, 6.45) is 2.81. The Morgan fingerprint density at radius 1 is 1.25 bits per heavy atom. The van der Waals surface area contributed by atoms with Crippen LogP contribution in [0.15, 0.2) is 0 Å². The Labute approximate surface area is 167 Å². The summed E-state index contributed by atoms with van der Waals surface area (Å²) in [5.41, 5.74) is -1.16. The molecule has 2 atom stereocenters. The van der Waals surface area contributed by atoms with Crippen molar-refractivity contribution in [1.82, 2.24) is 15.1 Å². The largest absolute Gasteiger partial charge is 0.444 e. The molecule has 0 aliphatic carbocycles. The molecule has 0 aromatic rings. The van der Waals surface area contributed by atoms with Gasteiger partial charge in [-0.3, -0.25) is 9.59 Å². The van der Waals surface area contributed by atoms with Crippen LogP contribution in [-0.4, -0.2) is 75.7 Å². The number of amides is 3. The summed E-state index contributed by atoms with van der Waals surface area (Å²) in [6.45, 7) is 9.50. The first-order valence-electron chi connectivity index (χ1n) is 10.2. The van der Waals surface area contributed by atoms with Crippen molar-refractivity contribution in [3.05, 3.63) is 0 Å². The van der Waals surface area contributed by atoms with E-state index in [0.717, 1.165) is 12.8 Å². The van der Waals surface area contributed by atoms with E-state index in [4.69, 9.17) is 4.74 Å². The molecule has 0 saturated carbocycles. The summed E-state index contributed by atoms with van der Waals surface area (Å²) in [5.74, 6) is -0.532. The highest BCUT2D eigenvalue weighted by Crippen LogP contribution is 2.38. The maximum absolute atomic E-state index is 12.8. The summed E-state index contributed by atoms with van der Waals surface area (Å²) < 4.78 is 5.59. The van der Waals surface area contributed by atoms with Crippen molar-refractivity contribution in [3.63, 3.8) is 0 Å². The third-order valence-corrected chi connectivity index (χ3v) is 5.31. The van der Waals surface area contributed by atoms with Gasteiger partial charge in [0.25, 0.3) is 0 Å². The van der Waals surface area contributed by atoms with E-state index >= 15 is 0 Å². The standard InChI is InChI=1S/C20H35N3O5/c1-14(2)21-17(26)15(12-24)22-13-20(9-6-8-16(22)25)10-7-11-23(20)18(27)28-19(3,4)5/h14-15,24H,6-13H2,1-5H3,(H,21,26)/t15-,20?/m0/s1. The summed E-state index contributed by atoms with van der Waals surface area (Å²) in [6, 6.07) is -1.05. The molecule has 28 heavy (non-hydrogen) atoms. The molecule has 0 aromatic carbocycles. The molecular formula is C20H35N3O5. The molecule has 2 aliphatic rings. The number of carbonyl (C=O) groups is 3. The van der Waals surface area contributed by atoms with E-state index in [-0.39, 0.29) is 30.5 Å². The van der Waals surface area contributed by atoms with E-state index in [0.29, 0.717) is 25.8 Å². The van der Waals surface area contributed by atoms with Crippen molar-refractivity contribution in [2.45, 2.75) is 89.9 Å². The highest BCUT2D eigenvalue weighted by atomic mass is 16.6. The second-order valence-electron chi connectivity index (χ2n) is 9.20. The molecule has 160 valence electrons. The van der Waals surface area contributed by atoms with E-state index in [9.17, 15) is 19.5 Å². The molecule has 2 saturated heterocycles. The molecule has 0 bridgehead atoms. The predicted molar refractivity (Wildman–Crippen MR) is 105 cm³/mol. The van der Waals surface area contributed by atoms with E-state index in [2.05, 4.69) is 5.32 Å². The minimum Gasteiger partial charge on any atom is -0.444 e. The first kappa shape index (κ1) is 22.5. The molecule has 8 heteroatoms. The molecular weight excluding hydrogens is 362 g/mol. The van der Waals surface area contributed by atoms with Crippen LogP contribution in [0.25, 0.3) is 0 Å². The second-order valence-corrected chi connectivity index (χ2v) is 9.20. The van der Waals surface area contributed by atoms with Gasteiger partial charge in [-0.05, 0) is 60.3 Å². The first-order chi connectivity index (χ1) is 13.0. The summed E-state index contributed by atoms with van der Waals surface area (Å²) in [4.78, 5) is 41.4. The fourth-order valence-electron chi connectivity index (χ4n) is 4.15. The van der Waals surface area contributed by atoms with Gasteiger partial charge in [0.05, 0.1) is 12.1 Å². The summed E-state index contributed by atoms with van der Waals surface area (Å²) in [5, 5.41) is 12.6. The van der Waals surface area contributed by atoms with E-state index < -0.39 is 23.8 Å². The topological polar surface area (TPSA) is 99.2 Å². The lowest BCUT2D eigenvalue weighted by Gasteiger charge is -2.42. The van der Waals surface area contributed by atoms with Crippen LogP contribution in [-0.2, 0) is 14.3 Å². The van der Waals surface area contributed by atoms with Gasteiger partial charge in [-0.25, -0.2) is 4.79 Å². The van der Waals surface area contributed by atoms with Crippen LogP contribution < -0.4 is 5.32 Å². The van der Waals surface area contributed by atoms with Gasteiger partial charge < -0.3 is 25.0 Å². The number of nitrogens with one attached hydrogen (secondary N) is 1. The van der Waals surface area contributed by atoms with Crippen molar-refractivity contribution in [1.29, 1.82) is 0 Å². The molecule has 1 spiro atoms. The predicted octanol–water partition coefficient (Wildman–Crippen LogP) is 1.65. The fourth-order valence-corrected chi connectivity index (χ4v) is 4.15. The molecule has 2 fully saturated rings. The Kier molecular flexibility index (Phi) is 6.96. The molecule has 2 rings (SSSR count). The lowest BCUT2D eigenvalue weighted by Crippen LogP contribution is -2.60. The van der Waals surface area contributed by atoms with Gasteiger partial charge in [0.15, 0.2) is 0 Å². The van der Waals surface area contributed by atoms with E-state index in [1.165, 1.54) is 4.90 Å². The van der Waals surface area contributed by atoms with Gasteiger partial charge in [-0.2, -0.15) is 0 Å². The fraction of sp³-hybridized carbons (Fsp3) is 0.850. The van der Waals surface area contributed by atoms with Crippen LogP contribution in [0.5, 0.6) is 0 Å². The van der Waals surface area contributed by atoms with Crippen molar-refractivity contribution in [3.8, 4) is 0 Å². The van der Waals surface area contributed by atoms with Crippen LogP contribution in [0.2, 0.25) is 0 Å². The average Bonchev–Trinajstić information content (AvgIpc) is 2.88. The van der Waals surface area contributed by atoms with Gasteiger partial charge in [0.2, 0.25) is 11.8 Å². The van der Waals surface area contributed by atoms with Crippen LogP contribution in [0.1, 0.15) is 66.7 Å². The first-order valence-corrected chi connectivity index (χ1v) is 10.2. The zero-order chi connectivity index (χ0) is 21.1. The van der Waals surface area contributed by atoms with Crippen molar-refractivity contribution in [2.24, 2.45) is 0 Å². The Morgan fingerprint density at radius 2 is 1.89 bits per heavy atom. The molecule has 2 heterocycles.